The number of aromatic nitrogens is 4. The first-order chi connectivity index (χ1) is 7.52. The molecule has 0 aromatic carbocycles. The highest BCUT2D eigenvalue weighted by molar-refractivity contribution is 7.16. The summed E-state index contributed by atoms with van der Waals surface area (Å²) in [4.78, 5) is 0.153. The number of alkyl halides is 3. The predicted octanol–water partition coefficient (Wildman–Crippen LogP) is 1.31. The van der Waals surface area contributed by atoms with Crippen LogP contribution in [0.4, 0.5) is 13.2 Å². The van der Waals surface area contributed by atoms with Gasteiger partial charge in [0.05, 0.1) is 0 Å². The molecule has 9 heteroatoms. The molecule has 0 fully saturated rings. The second-order valence-corrected chi connectivity index (χ2v) is 4.03. The molecule has 2 aromatic rings. The van der Waals surface area contributed by atoms with E-state index in [1.807, 2.05) is 6.92 Å². The number of hydrogen-bond donors (Lipinski definition) is 1. The van der Waals surface area contributed by atoms with Crippen LogP contribution in [0.1, 0.15) is 17.8 Å². The van der Waals surface area contributed by atoms with E-state index in [1.165, 1.54) is 0 Å². The summed E-state index contributed by atoms with van der Waals surface area (Å²) < 4.78 is 38.0. The zero-order chi connectivity index (χ0) is 11.8. The topological polar surface area (TPSA) is 55.1 Å². The van der Waals surface area contributed by atoms with Crippen LogP contribution in [0, 0.1) is 0 Å². The van der Waals surface area contributed by atoms with Crippen molar-refractivity contribution in [2.75, 3.05) is 6.54 Å². The van der Waals surface area contributed by atoms with Crippen molar-refractivity contribution in [3.05, 3.63) is 10.8 Å². The summed E-state index contributed by atoms with van der Waals surface area (Å²) in [6.07, 6.45) is -4.52. The fraction of sp³-hybridized carbons (Fsp3) is 0.571. The lowest BCUT2D eigenvalue weighted by Crippen LogP contribution is -2.14. The number of halogens is 3. The zero-order valence-electron chi connectivity index (χ0n) is 8.25. The van der Waals surface area contributed by atoms with Crippen molar-refractivity contribution < 1.29 is 13.2 Å². The van der Waals surface area contributed by atoms with E-state index >= 15 is 0 Å². The lowest BCUT2D eigenvalue weighted by molar-refractivity contribution is -0.146. The quantitative estimate of drug-likeness (QED) is 0.893. The third-order valence-electron chi connectivity index (χ3n) is 1.81. The van der Waals surface area contributed by atoms with E-state index in [0.29, 0.717) is 11.6 Å². The zero-order valence-corrected chi connectivity index (χ0v) is 9.06. The first-order valence-corrected chi connectivity index (χ1v) is 5.33. The van der Waals surface area contributed by atoms with Gasteiger partial charge < -0.3 is 5.32 Å². The second-order valence-electron chi connectivity index (χ2n) is 2.99. The van der Waals surface area contributed by atoms with Crippen LogP contribution in [-0.2, 0) is 12.7 Å². The average molecular weight is 251 g/mol. The molecule has 5 nitrogen and oxygen atoms in total. The fourth-order valence-electron chi connectivity index (χ4n) is 1.14. The molecule has 2 heterocycles. The van der Waals surface area contributed by atoms with Gasteiger partial charge in [-0.15, -0.1) is 10.2 Å². The Labute approximate surface area is 92.3 Å². The van der Waals surface area contributed by atoms with Crippen molar-refractivity contribution >= 4 is 16.3 Å². The van der Waals surface area contributed by atoms with Gasteiger partial charge in [-0.1, -0.05) is 18.3 Å². The normalized spacial score (nSPS) is 12.5. The van der Waals surface area contributed by atoms with E-state index in [4.69, 9.17) is 0 Å². The minimum Gasteiger partial charge on any atom is -0.311 e. The molecule has 0 aliphatic rings. The Balaban J connectivity index is 2.36. The Morgan fingerprint density at radius 3 is 2.75 bits per heavy atom. The molecule has 0 aliphatic carbocycles. The number of hydrogen-bond acceptors (Lipinski definition) is 5. The SMILES string of the molecule is CCNCc1nn2c(C(F)(F)F)nnc2s1. The molecule has 2 aromatic heterocycles. The van der Waals surface area contributed by atoms with E-state index in [2.05, 4.69) is 20.6 Å². The third kappa shape index (κ3) is 2.00. The minimum absolute atomic E-state index is 0.153. The fourth-order valence-corrected chi connectivity index (χ4v) is 1.94. The molecule has 0 bridgehead atoms. The summed E-state index contributed by atoms with van der Waals surface area (Å²) >= 11 is 1.09. The molecule has 16 heavy (non-hydrogen) atoms. The molecule has 0 spiro atoms. The maximum atomic E-state index is 12.4. The molecule has 0 atom stereocenters. The van der Waals surface area contributed by atoms with Gasteiger partial charge in [-0.3, -0.25) is 0 Å². The highest BCUT2D eigenvalue weighted by Gasteiger charge is 2.38. The summed E-state index contributed by atoms with van der Waals surface area (Å²) in [5.41, 5.74) is 0. The van der Waals surface area contributed by atoms with Crippen molar-refractivity contribution in [2.24, 2.45) is 0 Å². The van der Waals surface area contributed by atoms with Gasteiger partial charge in [0.1, 0.15) is 5.01 Å². The van der Waals surface area contributed by atoms with Gasteiger partial charge in [-0.25, -0.2) is 0 Å². The molecule has 1 N–H and O–H groups in total. The molecule has 2 rings (SSSR count). The van der Waals surface area contributed by atoms with E-state index < -0.39 is 12.0 Å². The molecule has 0 saturated heterocycles. The largest absolute Gasteiger partial charge is 0.453 e. The Bertz CT molecular complexity index is 488. The molecule has 0 saturated carbocycles. The standard InChI is InChI=1S/C7H8F3N5S/c1-2-11-3-4-14-15-5(7(8,9)10)12-13-6(15)16-4/h11H,2-3H2,1H3. The first kappa shape index (κ1) is 11.3. The lowest BCUT2D eigenvalue weighted by atomic mass is 10.6. The van der Waals surface area contributed by atoms with Crippen molar-refractivity contribution in [1.29, 1.82) is 0 Å². The van der Waals surface area contributed by atoms with Crippen LogP contribution in [0.2, 0.25) is 0 Å². The Morgan fingerprint density at radius 2 is 2.12 bits per heavy atom. The number of fused-ring (bicyclic) bond motifs is 1. The molecule has 0 radical (unpaired) electrons. The van der Waals surface area contributed by atoms with Crippen LogP contribution in [0.25, 0.3) is 4.96 Å². The van der Waals surface area contributed by atoms with E-state index in [-0.39, 0.29) is 4.96 Å². The van der Waals surface area contributed by atoms with Gasteiger partial charge in [0.25, 0.3) is 5.82 Å². The number of rotatable bonds is 3. The highest BCUT2D eigenvalue weighted by atomic mass is 32.1. The smallest absolute Gasteiger partial charge is 0.311 e. The molecule has 0 unspecified atom stereocenters. The minimum atomic E-state index is -4.52. The van der Waals surface area contributed by atoms with Gasteiger partial charge in [0, 0.05) is 6.54 Å². The Hall–Kier alpha value is -1.22. The van der Waals surface area contributed by atoms with E-state index in [9.17, 15) is 13.2 Å². The van der Waals surface area contributed by atoms with Gasteiger partial charge in [-0.05, 0) is 6.54 Å². The monoisotopic (exact) mass is 251 g/mol. The lowest BCUT2D eigenvalue weighted by Gasteiger charge is -2.00. The van der Waals surface area contributed by atoms with Crippen LogP contribution in [0.5, 0.6) is 0 Å². The summed E-state index contributed by atoms with van der Waals surface area (Å²) in [6.45, 7) is 3.06. The summed E-state index contributed by atoms with van der Waals surface area (Å²) in [5.74, 6) is -1.08. The van der Waals surface area contributed by atoms with Crippen LogP contribution in [0.3, 0.4) is 0 Å². The number of nitrogens with zero attached hydrogens (tertiary/aromatic N) is 4. The highest BCUT2D eigenvalue weighted by Crippen LogP contribution is 2.28. The maximum Gasteiger partial charge on any atom is 0.453 e. The van der Waals surface area contributed by atoms with Gasteiger partial charge in [0.15, 0.2) is 0 Å². The van der Waals surface area contributed by atoms with E-state index in [0.717, 1.165) is 22.4 Å². The first-order valence-electron chi connectivity index (χ1n) is 4.51. The molecule has 0 aliphatic heterocycles. The molecular formula is C7H8F3N5S. The van der Waals surface area contributed by atoms with Gasteiger partial charge in [-0.2, -0.15) is 22.8 Å². The van der Waals surface area contributed by atoms with Crippen molar-refractivity contribution in [3.8, 4) is 0 Å². The van der Waals surface area contributed by atoms with Crippen LogP contribution >= 0.6 is 11.3 Å². The third-order valence-corrected chi connectivity index (χ3v) is 2.71. The van der Waals surface area contributed by atoms with Gasteiger partial charge >= 0.3 is 6.18 Å². The molecule has 0 amide bonds. The van der Waals surface area contributed by atoms with Crippen molar-refractivity contribution in [3.63, 3.8) is 0 Å². The van der Waals surface area contributed by atoms with E-state index in [1.54, 1.807) is 0 Å². The summed E-state index contributed by atoms with van der Waals surface area (Å²) in [5, 5.41) is 13.8. The van der Waals surface area contributed by atoms with Crippen molar-refractivity contribution in [2.45, 2.75) is 19.6 Å². The summed E-state index contributed by atoms with van der Waals surface area (Å²) in [6, 6.07) is 0. The average Bonchev–Trinajstić information content (AvgIpc) is 2.70. The summed E-state index contributed by atoms with van der Waals surface area (Å²) in [7, 11) is 0. The van der Waals surface area contributed by atoms with Crippen LogP contribution in [-0.4, -0.2) is 26.4 Å². The molecular weight excluding hydrogens is 243 g/mol. The Morgan fingerprint density at radius 1 is 1.38 bits per heavy atom. The Kier molecular flexibility index (Phi) is 2.80. The van der Waals surface area contributed by atoms with Gasteiger partial charge in [0.2, 0.25) is 4.96 Å². The number of nitrogens with one attached hydrogen (secondary N) is 1. The predicted molar refractivity (Wildman–Crippen MR) is 51.0 cm³/mol. The van der Waals surface area contributed by atoms with Crippen LogP contribution in [0.15, 0.2) is 0 Å². The maximum absolute atomic E-state index is 12.4. The van der Waals surface area contributed by atoms with Crippen molar-refractivity contribution in [1.82, 2.24) is 25.1 Å². The molecule has 88 valence electrons. The van der Waals surface area contributed by atoms with Crippen LogP contribution < -0.4 is 5.32 Å². The second kappa shape index (κ2) is 3.98.